The summed E-state index contributed by atoms with van der Waals surface area (Å²) in [7, 11) is 1.96. The van der Waals surface area contributed by atoms with Gasteiger partial charge >= 0.3 is 0 Å². The van der Waals surface area contributed by atoms with E-state index in [0.717, 1.165) is 17.0 Å². The summed E-state index contributed by atoms with van der Waals surface area (Å²) in [6.07, 6.45) is -0.515. The Kier molecular flexibility index (Phi) is 5.51. The van der Waals surface area contributed by atoms with Crippen molar-refractivity contribution in [3.05, 3.63) is 52.3 Å². The molecule has 1 aromatic heterocycles. The van der Waals surface area contributed by atoms with Gasteiger partial charge in [-0.1, -0.05) is 45.0 Å². The van der Waals surface area contributed by atoms with E-state index in [9.17, 15) is 5.11 Å². The second kappa shape index (κ2) is 7.08. The van der Waals surface area contributed by atoms with E-state index in [1.807, 2.05) is 30.8 Å². The molecule has 1 aromatic carbocycles. The third-order valence-corrected chi connectivity index (χ3v) is 4.78. The molecule has 0 bridgehead atoms. The first kappa shape index (κ1) is 18.7. The van der Waals surface area contributed by atoms with E-state index in [1.165, 1.54) is 11.1 Å². The summed E-state index contributed by atoms with van der Waals surface area (Å²) in [6.45, 7) is 13.3. The van der Waals surface area contributed by atoms with E-state index < -0.39 is 6.10 Å². The van der Waals surface area contributed by atoms with Gasteiger partial charge in [-0.2, -0.15) is 5.10 Å². The van der Waals surface area contributed by atoms with Gasteiger partial charge in [-0.3, -0.25) is 4.68 Å². The largest absolute Gasteiger partial charge is 0.387 e. The zero-order valence-corrected chi connectivity index (χ0v) is 16.0. The molecule has 0 aliphatic carbocycles. The average Bonchev–Trinajstić information content (AvgIpc) is 2.76. The molecular weight excluding hydrogens is 298 g/mol. The summed E-state index contributed by atoms with van der Waals surface area (Å²) in [5.74, 6) is 0. The Balaban J connectivity index is 2.01. The molecule has 0 aliphatic rings. The predicted molar refractivity (Wildman–Crippen MR) is 99.2 cm³/mol. The number of nitrogens with zero attached hydrogens (tertiary/aromatic N) is 2. The first-order valence-electron chi connectivity index (χ1n) is 8.63. The van der Waals surface area contributed by atoms with Gasteiger partial charge < -0.3 is 10.4 Å². The van der Waals surface area contributed by atoms with Crippen molar-refractivity contribution in [2.45, 2.75) is 59.1 Å². The number of rotatable bonds is 5. The highest BCUT2D eigenvalue weighted by atomic mass is 16.3. The van der Waals surface area contributed by atoms with Gasteiger partial charge in [0.1, 0.15) is 0 Å². The van der Waals surface area contributed by atoms with E-state index in [0.29, 0.717) is 6.54 Å². The highest BCUT2D eigenvalue weighted by Crippen LogP contribution is 2.25. The zero-order chi connectivity index (χ0) is 18.1. The first-order valence-corrected chi connectivity index (χ1v) is 8.63. The first-order chi connectivity index (χ1) is 11.1. The van der Waals surface area contributed by atoms with Crippen LogP contribution in [0.1, 0.15) is 67.9 Å². The van der Waals surface area contributed by atoms with E-state index in [-0.39, 0.29) is 11.5 Å². The number of hydrogen-bond acceptors (Lipinski definition) is 3. The molecule has 1 heterocycles. The summed E-state index contributed by atoms with van der Waals surface area (Å²) in [6, 6.07) is 8.42. The Morgan fingerprint density at radius 2 is 1.75 bits per heavy atom. The smallest absolute Gasteiger partial charge is 0.0914 e. The van der Waals surface area contributed by atoms with Crippen LogP contribution < -0.4 is 5.32 Å². The lowest BCUT2D eigenvalue weighted by Crippen LogP contribution is -2.25. The molecule has 4 heteroatoms. The van der Waals surface area contributed by atoms with Crippen molar-refractivity contribution < 1.29 is 5.11 Å². The molecule has 2 atom stereocenters. The molecule has 0 saturated carbocycles. The lowest BCUT2D eigenvalue weighted by molar-refractivity contribution is 0.170. The minimum Gasteiger partial charge on any atom is -0.387 e. The van der Waals surface area contributed by atoms with E-state index in [2.05, 4.69) is 57.2 Å². The molecule has 0 saturated heterocycles. The molecule has 2 rings (SSSR count). The van der Waals surface area contributed by atoms with Crippen molar-refractivity contribution in [1.29, 1.82) is 0 Å². The van der Waals surface area contributed by atoms with Crippen LogP contribution >= 0.6 is 0 Å². The van der Waals surface area contributed by atoms with Gasteiger partial charge in [0.25, 0.3) is 0 Å². The van der Waals surface area contributed by atoms with E-state index >= 15 is 0 Å². The van der Waals surface area contributed by atoms with Crippen molar-refractivity contribution in [3.8, 4) is 0 Å². The Morgan fingerprint density at radius 1 is 1.17 bits per heavy atom. The van der Waals surface area contributed by atoms with E-state index in [1.54, 1.807) is 0 Å². The van der Waals surface area contributed by atoms with Gasteiger partial charge in [0.2, 0.25) is 0 Å². The Bertz CT molecular complexity index is 680. The fourth-order valence-electron chi connectivity index (χ4n) is 3.13. The minimum absolute atomic E-state index is 0.131. The lowest BCUT2D eigenvalue weighted by Gasteiger charge is -2.21. The fraction of sp³-hybridized carbons (Fsp3) is 0.550. The van der Waals surface area contributed by atoms with Crippen LogP contribution in [0.15, 0.2) is 24.3 Å². The maximum atomic E-state index is 10.5. The highest BCUT2D eigenvalue weighted by molar-refractivity contribution is 5.29. The van der Waals surface area contributed by atoms with Crippen LogP contribution in [-0.4, -0.2) is 21.4 Å². The number of hydrogen-bond donors (Lipinski definition) is 2. The van der Waals surface area contributed by atoms with Crippen LogP contribution in [0.3, 0.4) is 0 Å². The Morgan fingerprint density at radius 3 is 2.21 bits per heavy atom. The molecule has 0 radical (unpaired) electrons. The van der Waals surface area contributed by atoms with Crippen LogP contribution in [0, 0.1) is 13.8 Å². The summed E-state index contributed by atoms with van der Waals surface area (Å²) < 4.78 is 1.91. The molecule has 0 aliphatic heterocycles. The quantitative estimate of drug-likeness (QED) is 0.879. The number of aliphatic hydroxyl groups is 1. The number of nitrogens with one attached hydrogen (secondary N) is 1. The molecule has 0 amide bonds. The SMILES string of the molecule is Cc1nn(C)c(C)c1C(C)NCC(O)c1ccc(C(C)(C)C)cc1. The van der Waals surface area contributed by atoms with Crippen molar-refractivity contribution in [3.63, 3.8) is 0 Å². The topological polar surface area (TPSA) is 50.1 Å². The van der Waals surface area contributed by atoms with Crippen LogP contribution in [0.4, 0.5) is 0 Å². The Labute approximate surface area is 145 Å². The van der Waals surface area contributed by atoms with Gasteiger partial charge in [0.05, 0.1) is 11.8 Å². The van der Waals surface area contributed by atoms with Crippen molar-refractivity contribution in [1.82, 2.24) is 15.1 Å². The lowest BCUT2D eigenvalue weighted by atomic mass is 9.86. The summed E-state index contributed by atoms with van der Waals surface area (Å²) in [5, 5.41) is 18.4. The molecule has 0 spiro atoms. The highest BCUT2D eigenvalue weighted by Gasteiger charge is 2.18. The Hall–Kier alpha value is -1.65. The van der Waals surface area contributed by atoms with Crippen LogP contribution in [0.25, 0.3) is 0 Å². The maximum absolute atomic E-state index is 10.5. The number of benzene rings is 1. The van der Waals surface area contributed by atoms with Crippen LogP contribution in [0.2, 0.25) is 0 Å². The van der Waals surface area contributed by atoms with Gasteiger partial charge in [0, 0.05) is 30.9 Å². The second-order valence-corrected chi connectivity index (χ2v) is 7.73. The van der Waals surface area contributed by atoms with Gasteiger partial charge in [0.15, 0.2) is 0 Å². The molecule has 2 aromatic rings. The predicted octanol–water partition coefficient (Wildman–Crippen LogP) is 3.72. The van der Waals surface area contributed by atoms with Gasteiger partial charge in [-0.05, 0) is 37.3 Å². The molecule has 2 unspecified atom stereocenters. The molecule has 2 N–H and O–H groups in total. The number of aromatic nitrogens is 2. The minimum atomic E-state index is -0.515. The molecular formula is C20H31N3O. The van der Waals surface area contributed by atoms with Gasteiger partial charge in [-0.15, -0.1) is 0 Å². The normalized spacial score (nSPS) is 14.7. The third kappa shape index (κ3) is 4.05. The van der Waals surface area contributed by atoms with Crippen molar-refractivity contribution in [2.24, 2.45) is 7.05 Å². The average molecular weight is 329 g/mol. The monoisotopic (exact) mass is 329 g/mol. The third-order valence-electron chi connectivity index (χ3n) is 4.78. The number of aryl methyl sites for hydroxylation is 2. The molecule has 132 valence electrons. The van der Waals surface area contributed by atoms with Crippen LogP contribution in [0.5, 0.6) is 0 Å². The van der Waals surface area contributed by atoms with Crippen LogP contribution in [-0.2, 0) is 12.5 Å². The summed E-state index contributed by atoms with van der Waals surface area (Å²) in [4.78, 5) is 0. The fourth-order valence-corrected chi connectivity index (χ4v) is 3.13. The van der Waals surface area contributed by atoms with E-state index in [4.69, 9.17) is 0 Å². The van der Waals surface area contributed by atoms with Crippen molar-refractivity contribution in [2.75, 3.05) is 6.54 Å². The van der Waals surface area contributed by atoms with Crippen molar-refractivity contribution >= 4 is 0 Å². The standard InChI is InChI=1S/C20H31N3O/c1-13(19-14(2)22-23(7)15(19)3)21-12-18(24)16-8-10-17(11-9-16)20(4,5)6/h8-11,13,18,21,24H,12H2,1-7H3. The molecule has 4 nitrogen and oxygen atoms in total. The summed E-state index contributed by atoms with van der Waals surface area (Å²) in [5.41, 5.74) is 5.78. The maximum Gasteiger partial charge on any atom is 0.0914 e. The van der Waals surface area contributed by atoms with Gasteiger partial charge in [-0.25, -0.2) is 0 Å². The molecule has 24 heavy (non-hydrogen) atoms. The zero-order valence-electron chi connectivity index (χ0n) is 16.0. The number of aliphatic hydroxyl groups excluding tert-OH is 1. The summed E-state index contributed by atoms with van der Waals surface area (Å²) >= 11 is 0. The molecule has 0 fully saturated rings. The second-order valence-electron chi connectivity index (χ2n) is 7.73.